The van der Waals surface area contributed by atoms with E-state index >= 15 is 0 Å². The van der Waals surface area contributed by atoms with Crippen LogP contribution in [0.4, 0.5) is 5.69 Å². The van der Waals surface area contributed by atoms with Crippen molar-refractivity contribution < 1.29 is 23.9 Å². The van der Waals surface area contributed by atoms with Crippen LogP contribution in [0.3, 0.4) is 0 Å². The summed E-state index contributed by atoms with van der Waals surface area (Å²) in [7, 11) is 0. The molecule has 4 heterocycles. The molecule has 1 unspecified atom stereocenters. The number of fused-ring (bicyclic) bond motifs is 2. The molecular formula is C42H46N6O5. The Morgan fingerprint density at radius 3 is 2.38 bits per heavy atom. The van der Waals surface area contributed by atoms with Crippen molar-refractivity contribution in [2.24, 2.45) is 11.3 Å². The standard InChI is InChI=1S/C42H46N6O5/c1-25-16-33(9-6-28(25)20-43)53-37-19-36(42(37,2)3)44-39(50)27-4-7-32(8-5-27)47-14-12-26(13-15-47)21-46-22-29-17-31-24-48(35-10-11-38(49)45-40(35)51)41(52)34(31)18-30(29)23-46/h4-9,16-18,26,35-37H,10-15,19,21-24H2,1-3H3,(H,44,50)(H,45,49,51)/t35?,36-,37-/m0/s1. The second-order valence-electron chi connectivity index (χ2n) is 16.1. The van der Waals surface area contributed by atoms with Crippen LogP contribution in [0.25, 0.3) is 0 Å². The number of anilines is 1. The number of carbonyl (C=O) groups excluding carboxylic acids is 4. The molecule has 0 bridgehead atoms. The Labute approximate surface area is 310 Å². The number of hydrogen-bond acceptors (Lipinski definition) is 8. The van der Waals surface area contributed by atoms with E-state index in [0.717, 1.165) is 74.6 Å². The highest BCUT2D eigenvalue weighted by Crippen LogP contribution is 2.43. The average molecular weight is 715 g/mol. The molecule has 4 amide bonds. The molecule has 11 heteroatoms. The van der Waals surface area contributed by atoms with Crippen molar-refractivity contribution in [1.82, 2.24) is 20.4 Å². The summed E-state index contributed by atoms with van der Waals surface area (Å²) in [6.45, 7) is 11.2. The third-order valence-electron chi connectivity index (χ3n) is 12.3. The van der Waals surface area contributed by atoms with Crippen molar-refractivity contribution in [2.45, 2.75) is 90.7 Å². The molecule has 11 nitrogen and oxygen atoms in total. The molecule has 1 saturated carbocycles. The molecular weight excluding hydrogens is 668 g/mol. The van der Waals surface area contributed by atoms with Gasteiger partial charge in [0, 0.05) is 80.4 Å². The number of ether oxygens (including phenoxy) is 1. The van der Waals surface area contributed by atoms with Crippen LogP contribution in [0, 0.1) is 29.6 Å². The molecule has 0 spiro atoms. The number of carbonyl (C=O) groups is 4. The van der Waals surface area contributed by atoms with Gasteiger partial charge in [0.2, 0.25) is 11.8 Å². The Balaban J connectivity index is 0.792. The quantitative estimate of drug-likeness (QED) is 0.317. The fourth-order valence-electron chi connectivity index (χ4n) is 8.81. The van der Waals surface area contributed by atoms with Crippen LogP contribution in [-0.2, 0) is 29.2 Å². The van der Waals surface area contributed by atoms with Crippen molar-refractivity contribution in [3.8, 4) is 11.8 Å². The molecule has 1 aliphatic carbocycles. The topological polar surface area (TPSA) is 135 Å². The van der Waals surface area contributed by atoms with E-state index in [0.29, 0.717) is 35.6 Å². The molecule has 2 N–H and O–H groups in total. The molecule has 3 fully saturated rings. The maximum atomic E-state index is 13.3. The zero-order valence-corrected chi connectivity index (χ0v) is 30.6. The van der Waals surface area contributed by atoms with Crippen LogP contribution in [0.2, 0.25) is 0 Å². The number of nitrogens with zero attached hydrogens (tertiary/aromatic N) is 4. The first-order valence-corrected chi connectivity index (χ1v) is 18.8. The molecule has 53 heavy (non-hydrogen) atoms. The minimum absolute atomic E-state index is 0.000287. The van der Waals surface area contributed by atoms with Gasteiger partial charge < -0.3 is 19.9 Å². The second kappa shape index (κ2) is 13.6. The number of aryl methyl sites for hydroxylation is 1. The van der Waals surface area contributed by atoms with Crippen molar-refractivity contribution in [1.29, 1.82) is 5.26 Å². The number of piperidine rings is 2. The Morgan fingerprint density at radius 2 is 1.70 bits per heavy atom. The van der Waals surface area contributed by atoms with Gasteiger partial charge >= 0.3 is 0 Å². The van der Waals surface area contributed by atoms with Crippen molar-refractivity contribution in [3.05, 3.63) is 93.5 Å². The highest BCUT2D eigenvalue weighted by atomic mass is 16.5. The van der Waals surface area contributed by atoms with Gasteiger partial charge in [0.1, 0.15) is 17.9 Å². The lowest BCUT2D eigenvalue weighted by Gasteiger charge is -2.51. The molecule has 3 aromatic carbocycles. The zero-order valence-electron chi connectivity index (χ0n) is 30.6. The Kier molecular flexibility index (Phi) is 8.97. The number of hydrogen-bond donors (Lipinski definition) is 2. The number of nitrogens with one attached hydrogen (secondary N) is 2. The summed E-state index contributed by atoms with van der Waals surface area (Å²) in [6.07, 6.45) is 3.51. The molecule has 0 radical (unpaired) electrons. The molecule has 0 aromatic heterocycles. The number of benzene rings is 3. The molecule has 274 valence electrons. The van der Waals surface area contributed by atoms with Gasteiger partial charge in [-0.3, -0.25) is 29.4 Å². The fraction of sp³-hybridized carbons (Fsp3) is 0.452. The van der Waals surface area contributed by atoms with Crippen molar-refractivity contribution in [2.75, 3.05) is 24.5 Å². The normalized spacial score (nSPS) is 23.9. The van der Waals surface area contributed by atoms with E-state index in [-0.39, 0.29) is 47.6 Å². The van der Waals surface area contributed by atoms with E-state index in [4.69, 9.17) is 4.74 Å². The summed E-state index contributed by atoms with van der Waals surface area (Å²) in [5, 5.41) is 14.8. The lowest BCUT2D eigenvalue weighted by Crippen LogP contribution is -2.63. The van der Waals surface area contributed by atoms with Gasteiger partial charge in [-0.2, -0.15) is 5.26 Å². The van der Waals surface area contributed by atoms with E-state index in [1.807, 2.05) is 37.3 Å². The van der Waals surface area contributed by atoms with Crippen LogP contribution < -0.4 is 20.3 Å². The largest absolute Gasteiger partial charge is 0.490 e. The number of imide groups is 1. The summed E-state index contributed by atoms with van der Waals surface area (Å²) >= 11 is 0. The first-order chi connectivity index (χ1) is 25.5. The summed E-state index contributed by atoms with van der Waals surface area (Å²) in [5.74, 6) is 0.488. The molecule has 2 saturated heterocycles. The molecule has 3 aromatic rings. The van der Waals surface area contributed by atoms with E-state index in [1.54, 1.807) is 11.0 Å². The molecule has 3 atom stereocenters. The minimum atomic E-state index is -0.589. The zero-order chi connectivity index (χ0) is 37.0. The first-order valence-electron chi connectivity index (χ1n) is 18.8. The van der Waals surface area contributed by atoms with Gasteiger partial charge in [-0.25, -0.2) is 0 Å². The molecule has 5 aliphatic rings. The second-order valence-corrected chi connectivity index (χ2v) is 16.1. The molecule has 4 aliphatic heterocycles. The highest BCUT2D eigenvalue weighted by Gasteiger charge is 2.51. The monoisotopic (exact) mass is 714 g/mol. The van der Waals surface area contributed by atoms with E-state index in [2.05, 4.69) is 58.5 Å². The van der Waals surface area contributed by atoms with Crippen LogP contribution in [0.15, 0.2) is 54.6 Å². The van der Waals surface area contributed by atoms with Crippen molar-refractivity contribution >= 4 is 29.3 Å². The van der Waals surface area contributed by atoms with Crippen LogP contribution in [0.5, 0.6) is 5.75 Å². The third kappa shape index (κ3) is 6.65. The Bertz CT molecular complexity index is 2030. The summed E-state index contributed by atoms with van der Waals surface area (Å²) in [6, 6.07) is 19.3. The third-order valence-corrected chi connectivity index (χ3v) is 12.3. The maximum absolute atomic E-state index is 13.3. The van der Waals surface area contributed by atoms with Gasteiger partial charge in [-0.05, 0) is 103 Å². The van der Waals surface area contributed by atoms with E-state index in [9.17, 15) is 24.4 Å². The van der Waals surface area contributed by atoms with Crippen LogP contribution >= 0.6 is 0 Å². The summed E-state index contributed by atoms with van der Waals surface area (Å²) in [4.78, 5) is 57.1. The van der Waals surface area contributed by atoms with Gasteiger partial charge in [-0.1, -0.05) is 19.9 Å². The lowest BCUT2D eigenvalue weighted by molar-refractivity contribution is -0.136. The number of amides is 4. The van der Waals surface area contributed by atoms with Gasteiger partial charge in [0.15, 0.2) is 0 Å². The van der Waals surface area contributed by atoms with Gasteiger partial charge in [-0.15, -0.1) is 0 Å². The first kappa shape index (κ1) is 34.9. The smallest absolute Gasteiger partial charge is 0.255 e. The minimum Gasteiger partial charge on any atom is -0.490 e. The SMILES string of the molecule is Cc1cc(O[C@H]2C[C@H](NC(=O)c3ccc(N4CCC(CN5Cc6cc7c(cc6C5)C(=O)N(C5CCC(=O)NC5=O)C7)CC4)cc3)C2(C)C)ccc1C#N. The van der Waals surface area contributed by atoms with E-state index in [1.165, 1.54) is 11.1 Å². The fourth-order valence-corrected chi connectivity index (χ4v) is 8.81. The van der Waals surface area contributed by atoms with Crippen LogP contribution in [-0.4, -0.2) is 71.3 Å². The van der Waals surface area contributed by atoms with Crippen molar-refractivity contribution in [3.63, 3.8) is 0 Å². The summed E-state index contributed by atoms with van der Waals surface area (Å²) in [5.41, 5.74) is 7.19. The number of rotatable bonds is 8. The predicted octanol–water partition coefficient (Wildman–Crippen LogP) is 4.84. The Hall–Kier alpha value is -5.21. The summed E-state index contributed by atoms with van der Waals surface area (Å²) < 4.78 is 6.25. The molecule has 8 rings (SSSR count). The maximum Gasteiger partial charge on any atom is 0.255 e. The highest BCUT2D eigenvalue weighted by molar-refractivity contribution is 6.05. The lowest BCUT2D eigenvalue weighted by atomic mass is 9.64. The average Bonchev–Trinajstić information content (AvgIpc) is 3.69. The van der Waals surface area contributed by atoms with Gasteiger partial charge in [0.25, 0.3) is 11.8 Å². The van der Waals surface area contributed by atoms with E-state index < -0.39 is 6.04 Å². The van der Waals surface area contributed by atoms with Crippen LogP contribution in [0.1, 0.15) is 94.5 Å². The predicted molar refractivity (Wildman–Crippen MR) is 198 cm³/mol. The Morgan fingerprint density at radius 1 is 0.962 bits per heavy atom. The van der Waals surface area contributed by atoms with Gasteiger partial charge in [0.05, 0.1) is 11.6 Å². The number of nitriles is 1.